The summed E-state index contributed by atoms with van der Waals surface area (Å²) in [5.41, 5.74) is 8.32. The molecule has 2 aromatic carbocycles. The number of rotatable bonds is 9. The molecule has 0 aliphatic heterocycles. The number of nitrogens with one attached hydrogen (secondary N) is 2. The molecule has 3 aromatic heterocycles. The van der Waals surface area contributed by atoms with Gasteiger partial charge in [0.15, 0.2) is 17.9 Å². The highest BCUT2D eigenvalue weighted by atomic mass is 19.1. The first-order valence-corrected chi connectivity index (χ1v) is 11.9. The zero-order chi connectivity index (χ0) is 28.1. The second-order valence-corrected chi connectivity index (χ2v) is 8.48. The number of nitrogen functional groups attached to an aromatic ring is 1. The highest BCUT2D eigenvalue weighted by molar-refractivity contribution is 6.04. The van der Waals surface area contributed by atoms with Crippen molar-refractivity contribution in [3.05, 3.63) is 95.6 Å². The van der Waals surface area contributed by atoms with Crippen molar-refractivity contribution in [2.75, 3.05) is 17.6 Å². The van der Waals surface area contributed by atoms with Crippen molar-refractivity contribution in [1.29, 1.82) is 0 Å². The van der Waals surface area contributed by atoms with E-state index in [-0.39, 0.29) is 47.4 Å². The van der Waals surface area contributed by atoms with Crippen LogP contribution in [0.5, 0.6) is 0 Å². The number of carbonyl (C=O) groups is 3. The number of anilines is 2. The lowest BCUT2D eigenvalue weighted by atomic mass is 10.1. The largest absolute Gasteiger partial charge is 0.382 e. The molecule has 0 radical (unpaired) electrons. The van der Waals surface area contributed by atoms with E-state index < -0.39 is 11.8 Å². The van der Waals surface area contributed by atoms with Gasteiger partial charge < -0.3 is 20.9 Å². The van der Waals surface area contributed by atoms with Gasteiger partial charge in [0.1, 0.15) is 29.2 Å². The van der Waals surface area contributed by atoms with Crippen LogP contribution in [0.4, 0.5) is 15.9 Å². The topological polar surface area (TPSA) is 171 Å². The van der Waals surface area contributed by atoms with E-state index in [1.165, 1.54) is 30.7 Å². The fourth-order valence-corrected chi connectivity index (χ4v) is 3.86. The van der Waals surface area contributed by atoms with Gasteiger partial charge in [-0.3, -0.25) is 19.1 Å². The lowest BCUT2D eigenvalue weighted by Gasteiger charge is -2.09. The lowest BCUT2D eigenvalue weighted by molar-refractivity contribution is -0.115. The Morgan fingerprint density at radius 2 is 1.88 bits per heavy atom. The first kappa shape index (κ1) is 25.9. The predicted molar refractivity (Wildman–Crippen MR) is 141 cm³/mol. The maximum absolute atomic E-state index is 14.3. The molecule has 0 unspecified atom stereocenters. The quantitative estimate of drug-likeness (QED) is 0.238. The molecule has 0 aliphatic rings. The van der Waals surface area contributed by atoms with Gasteiger partial charge in [0.05, 0.1) is 25.0 Å². The number of nitrogens with two attached hydrogens (primary N) is 1. The van der Waals surface area contributed by atoms with Crippen LogP contribution in [0.25, 0.3) is 22.9 Å². The summed E-state index contributed by atoms with van der Waals surface area (Å²) in [4.78, 5) is 44.4. The fraction of sp³-hybridized carbons (Fsp3) is 0.0741. The van der Waals surface area contributed by atoms with Crippen LogP contribution in [0.1, 0.15) is 26.3 Å². The minimum Gasteiger partial charge on any atom is -0.382 e. The van der Waals surface area contributed by atoms with Crippen LogP contribution in [0.2, 0.25) is 0 Å². The van der Waals surface area contributed by atoms with Gasteiger partial charge in [-0.15, -0.1) is 0 Å². The molecule has 4 N–H and O–H groups in total. The normalized spacial score (nSPS) is 10.7. The summed E-state index contributed by atoms with van der Waals surface area (Å²) in [6, 6.07) is 15.9. The summed E-state index contributed by atoms with van der Waals surface area (Å²) in [5, 5.41) is 13.5. The smallest absolute Gasteiger partial charge is 0.252 e. The van der Waals surface area contributed by atoms with E-state index in [2.05, 4.69) is 30.9 Å². The zero-order valence-electron chi connectivity index (χ0n) is 20.7. The monoisotopic (exact) mass is 540 g/mol. The van der Waals surface area contributed by atoms with Gasteiger partial charge in [-0.05, 0) is 18.2 Å². The Balaban J connectivity index is 1.31. The summed E-state index contributed by atoms with van der Waals surface area (Å²) in [7, 11) is 0. The third-order valence-corrected chi connectivity index (χ3v) is 5.82. The summed E-state index contributed by atoms with van der Waals surface area (Å²) < 4.78 is 20.8. The van der Waals surface area contributed by atoms with Gasteiger partial charge in [0, 0.05) is 22.8 Å². The molecule has 0 fully saturated rings. The van der Waals surface area contributed by atoms with Crippen molar-refractivity contribution in [1.82, 2.24) is 30.2 Å². The predicted octanol–water partition coefficient (Wildman–Crippen LogP) is 2.95. The Morgan fingerprint density at radius 3 is 2.62 bits per heavy atom. The molecule has 3 heterocycles. The SMILES string of the molecule is Nc1nc(-c2cc(-c3ccon3)n(Cc3ccccc3F)n2)ncc1NC(=O)CNC(=O)c1ccccc1C=O. The van der Waals surface area contributed by atoms with Crippen molar-refractivity contribution in [3.8, 4) is 22.9 Å². The van der Waals surface area contributed by atoms with Crippen LogP contribution < -0.4 is 16.4 Å². The standard InChI is InChI=1S/C27H21FN8O4/c28-19-8-4-2-5-16(19)14-36-23(20-9-10-40-35-20)11-21(34-36)26-30-12-22(25(29)33-26)32-24(38)13-31-27(39)18-7-3-1-6-17(18)15-37/h1-12,15H,13-14H2,(H,31,39)(H,32,38)(H2,29,30,33). The molecule has 0 spiro atoms. The second kappa shape index (κ2) is 11.3. The molecule has 40 heavy (non-hydrogen) atoms. The Bertz CT molecular complexity index is 1700. The van der Waals surface area contributed by atoms with Gasteiger partial charge in [-0.2, -0.15) is 5.10 Å². The third kappa shape index (κ3) is 5.57. The van der Waals surface area contributed by atoms with E-state index in [0.717, 1.165) is 0 Å². The molecule has 0 saturated heterocycles. The average Bonchev–Trinajstić information content (AvgIpc) is 3.64. The Kier molecular flexibility index (Phi) is 7.35. The summed E-state index contributed by atoms with van der Waals surface area (Å²) in [6.45, 7) is -0.268. The molecule has 0 bridgehead atoms. The Labute approximate surface area is 226 Å². The molecule has 0 aliphatic carbocycles. The number of carbonyl (C=O) groups excluding carboxylic acids is 3. The molecular weight excluding hydrogens is 519 g/mol. The molecule has 200 valence electrons. The molecule has 0 saturated carbocycles. The zero-order valence-corrected chi connectivity index (χ0v) is 20.7. The van der Waals surface area contributed by atoms with E-state index in [1.54, 1.807) is 47.1 Å². The minimum absolute atomic E-state index is 0.0392. The van der Waals surface area contributed by atoms with Crippen LogP contribution in [0.15, 0.2) is 77.6 Å². The first-order chi connectivity index (χ1) is 19.4. The highest BCUT2D eigenvalue weighted by Gasteiger charge is 2.18. The minimum atomic E-state index is -0.581. The number of hydrogen-bond acceptors (Lipinski definition) is 9. The van der Waals surface area contributed by atoms with Crippen molar-refractivity contribution < 1.29 is 23.3 Å². The number of aromatic nitrogens is 5. The van der Waals surface area contributed by atoms with Gasteiger partial charge in [-0.1, -0.05) is 41.6 Å². The average molecular weight is 541 g/mol. The summed E-state index contributed by atoms with van der Waals surface area (Å²) >= 11 is 0. The number of aldehydes is 1. The third-order valence-electron chi connectivity index (χ3n) is 5.82. The Hall–Kier alpha value is -5.72. The molecular formula is C27H21FN8O4. The van der Waals surface area contributed by atoms with Crippen LogP contribution in [-0.2, 0) is 11.3 Å². The molecule has 5 rings (SSSR count). The van der Waals surface area contributed by atoms with Gasteiger partial charge in [0.2, 0.25) is 5.91 Å². The summed E-state index contributed by atoms with van der Waals surface area (Å²) in [5.74, 6) is -1.42. The number of benzene rings is 2. The van der Waals surface area contributed by atoms with Crippen molar-refractivity contribution in [3.63, 3.8) is 0 Å². The molecule has 2 amide bonds. The van der Waals surface area contributed by atoms with E-state index >= 15 is 0 Å². The van der Waals surface area contributed by atoms with Gasteiger partial charge in [0.25, 0.3) is 5.91 Å². The van der Waals surface area contributed by atoms with E-state index in [0.29, 0.717) is 28.9 Å². The van der Waals surface area contributed by atoms with Gasteiger partial charge in [-0.25, -0.2) is 14.4 Å². The first-order valence-electron chi connectivity index (χ1n) is 11.9. The number of nitrogens with zero attached hydrogens (tertiary/aromatic N) is 5. The van der Waals surface area contributed by atoms with Crippen LogP contribution >= 0.6 is 0 Å². The highest BCUT2D eigenvalue weighted by Crippen LogP contribution is 2.26. The maximum atomic E-state index is 14.3. The van der Waals surface area contributed by atoms with Crippen LogP contribution in [-0.4, -0.2) is 49.6 Å². The second-order valence-electron chi connectivity index (χ2n) is 8.48. The summed E-state index contributed by atoms with van der Waals surface area (Å²) in [6.07, 6.45) is 3.28. The molecule has 12 nitrogen and oxygen atoms in total. The van der Waals surface area contributed by atoms with Crippen molar-refractivity contribution in [2.45, 2.75) is 6.54 Å². The Morgan fingerprint density at radius 1 is 1.07 bits per heavy atom. The van der Waals surface area contributed by atoms with Crippen molar-refractivity contribution in [2.24, 2.45) is 0 Å². The number of amides is 2. The van der Waals surface area contributed by atoms with Gasteiger partial charge >= 0.3 is 0 Å². The van der Waals surface area contributed by atoms with Crippen LogP contribution in [0, 0.1) is 5.82 Å². The number of hydrogen-bond donors (Lipinski definition) is 3. The van der Waals surface area contributed by atoms with E-state index in [9.17, 15) is 18.8 Å². The van der Waals surface area contributed by atoms with Crippen molar-refractivity contribution >= 4 is 29.6 Å². The van der Waals surface area contributed by atoms with Crippen LogP contribution in [0.3, 0.4) is 0 Å². The molecule has 13 heteroatoms. The van der Waals surface area contributed by atoms with E-state index in [4.69, 9.17) is 10.3 Å². The maximum Gasteiger partial charge on any atom is 0.252 e. The fourth-order valence-electron chi connectivity index (χ4n) is 3.86. The lowest BCUT2D eigenvalue weighted by Crippen LogP contribution is -2.33. The van der Waals surface area contributed by atoms with E-state index in [1.807, 2.05) is 0 Å². The molecule has 5 aromatic rings. The number of halogens is 1. The molecule has 0 atom stereocenters.